The number of oxazole rings is 1. The van der Waals surface area contributed by atoms with Crippen LogP contribution in [-0.2, 0) is 6.42 Å². The van der Waals surface area contributed by atoms with Crippen molar-refractivity contribution in [2.45, 2.75) is 70.2 Å². The first-order valence-corrected chi connectivity index (χ1v) is 10.8. The molecule has 1 saturated carbocycles. The van der Waals surface area contributed by atoms with E-state index in [9.17, 15) is 22.4 Å². The van der Waals surface area contributed by atoms with Crippen molar-refractivity contribution in [1.82, 2.24) is 4.98 Å². The summed E-state index contributed by atoms with van der Waals surface area (Å²) in [5, 5.41) is 2.42. The SMILES string of the molecule is CC1CCCN1c1nc(C(=O)Nc2ccc(OC3CCCC3)c(F)c2)c(CC(F)(F)F)o1. The van der Waals surface area contributed by atoms with Crippen molar-refractivity contribution < 1.29 is 31.5 Å². The largest absolute Gasteiger partial charge is 0.487 e. The molecule has 2 fully saturated rings. The number of nitrogens with zero attached hydrogens (tertiary/aromatic N) is 2. The lowest BCUT2D eigenvalue weighted by Gasteiger charge is -2.18. The van der Waals surface area contributed by atoms with E-state index >= 15 is 0 Å². The Morgan fingerprint density at radius 2 is 2.00 bits per heavy atom. The lowest BCUT2D eigenvalue weighted by molar-refractivity contribution is -0.130. The minimum atomic E-state index is -4.58. The summed E-state index contributed by atoms with van der Waals surface area (Å²) in [5.41, 5.74) is -0.369. The third kappa shape index (κ3) is 5.16. The first kappa shape index (κ1) is 22.4. The minimum Gasteiger partial charge on any atom is -0.487 e. The number of hydrogen-bond acceptors (Lipinski definition) is 5. The Morgan fingerprint density at radius 1 is 1.25 bits per heavy atom. The molecule has 2 aliphatic rings. The van der Waals surface area contributed by atoms with Gasteiger partial charge in [0, 0.05) is 24.3 Å². The van der Waals surface area contributed by atoms with Crippen LogP contribution in [0.3, 0.4) is 0 Å². The number of benzene rings is 1. The predicted molar refractivity (Wildman–Crippen MR) is 110 cm³/mol. The Bertz CT molecular complexity index is 970. The molecule has 0 radical (unpaired) electrons. The van der Waals surface area contributed by atoms with Crippen LogP contribution >= 0.6 is 0 Å². The highest BCUT2D eigenvalue weighted by atomic mass is 19.4. The van der Waals surface area contributed by atoms with Crippen molar-refractivity contribution >= 4 is 17.6 Å². The number of amides is 1. The Morgan fingerprint density at radius 3 is 2.62 bits per heavy atom. The topological polar surface area (TPSA) is 67.6 Å². The molecule has 2 heterocycles. The highest BCUT2D eigenvalue weighted by Gasteiger charge is 2.36. The summed E-state index contributed by atoms with van der Waals surface area (Å²) in [7, 11) is 0. The van der Waals surface area contributed by atoms with Crippen LogP contribution in [0.2, 0.25) is 0 Å². The van der Waals surface area contributed by atoms with Gasteiger partial charge in [0.25, 0.3) is 11.9 Å². The summed E-state index contributed by atoms with van der Waals surface area (Å²) in [4.78, 5) is 18.5. The summed E-state index contributed by atoms with van der Waals surface area (Å²) in [6, 6.07) is 3.96. The summed E-state index contributed by atoms with van der Waals surface area (Å²) in [6.45, 7) is 2.50. The van der Waals surface area contributed by atoms with E-state index in [1.165, 1.54) is 12.1 Å². The molecule has 0 bridgehead atoms. The molecule has 174 valence electrons. The number of halogens is 4. The van der Waals surface area contributed by atoms with Crippen LogP contribution in [0.5, 0.6) is 5.75 Å². The maximum absolute atomic E-state index is 14.4. The third-order valence-corrected chi connectivity index (χ3v) is 5.85. The van der Waals surface area contributed by atoms with Gasteiger partial charge in [0.15, 0.2) is 17.3 Å². The zero-order valence-electron chi connectivity index (χ0n) is 17.7. The quantitative estimate of drug-likeness (QED) is 0.584. The molecule has 1 unspecified atom stereocenters. The van der Waals surface area contributed by atoms with Crippen LogP contribution in [0, 0.1) is 5.82 Å². The maximum atomic E-state index is 14.4. The highest BCUT2D eigenvalue weighted by Crippen LogP contribution is 2.32. The van der Waals surface area contributed by atoms with Crippen molar-refractivity contribution in [2.24, 2.45) is 0 Å². The monoisotopic (exact) mass is 455 g/mol. The molecule has 10 heteroatoms. The Hall–Kier alpha value is -2.78. The van der Waals surface area contributed by atoms with E-state index in [2.05, 4.69) is 10.3 Å². The zero-order valence-corrected chi connectivity index (χ0v) is 17.7. The molecule has 1 N–H and O–H groups in total. The van der Waals surface area contributed by atoms with E-state index in [-0.39, 0.29) is 29.6 Å². The van der Waals surface area contributed by atoms with Crippen LogP contribution in [0.15, 0.2) is 22.6 Å². The number of ether oxygens (including phenoxy) is 1. The maximum Gasteiger partial charge on any atom is 0.396 e. The van der Waals surface area contributed by atoms with Gasteiger partial charge in [-0.3, -0.25) is 4.79 Å². The van der Waals surface area contributed by atoms with Crippen molar-refractivity contribution in [1.29, 1.82) is 0 Å². The molecule has 6 nitrogen and oxygen atoms in total. The molecule has 1 aliphatic carbocycles. The van der Waals surface area contributed by atoms with Gasteiger partial charge in [0.2, 0.25) is 0 Å². The molecule has 1 amide bonds. The molecular formula is C22H25F4N3O3. The molecule has 1 aromatic heterocycles. The van der Waals surface area contributed by atoms with Gasteiger partial charge in [-0.25, -0.2) is 4.39 Å². The number of rotatable bonds is 6. The lowest BCUT2D eigenvalue weighted by Crippen LogP contribution is -2.26. The van der Waals surface area contributed by atoms with Gasteiger partial charge in [-0.05, 0) is 57.6 Å². The smallest absolute Gasteiger partial charge is 0.396 e. The first-order chi connectivity index (χ1) is 15.2. The van der Waals surface area contributed by atoms with Crippen LogP contribution in [0.4, 0.5) is 29.3 Å². The Balaban J connectivity index is 1.52. The number of carbonyl (C=O) groups excluding carboxylic acids is 1. The molecule has 1 aromatic carbocycles. The van der Waals surface area contributed by atoms with Gasteiger partial charge >= 0.3 is 6.18 Å². The van der Waals surface area contributed by atoms with E-state index in [0.29, 0.717) is 6.54 Å². The van der Waals surface area contributed by atoms with Crippen LogP contribution < -0.4 is 15.0 Å². The number of carbonyl (C=O) groups is 1. The Kier molecular flexibility index (Phi) is 6.30. The van der Waals surface area contributed by atoms with Gasteiger partial charge in [-0.15, -0.1) is 0 Å². The third-order valence-electron chi connectivity index (χ3n) is 5.85. The Labute approximate surface area is 182 Å². The number of hydrogen-bond donors (Lipinski definition) is 1. The fourth-order valence-electron chi connectivity index (χ4n) is 4.21. The predicted octanol–water partition coefficient (Wildman–Crippen LogP) is 5.48. The molecule has 2 aromatic rings. The van der Waals surface area contributed by atoms with E-state index in [0.717, 1.165) is 44.6 Å². The molecular weight excluding hydrogens is 430 g/mol. The lowest BCUT2D eigenvalue weighted by atomic mass is 10.2. The normalized spacial score (nSPS) is 19.5. The van der Waals surface area contributed by atoms with Gasteiger partial charge in [-0.2, -0.15) is 18.2 Å². The summed E-state index contributed by atoms with van der Waals surface area (Å²) in [6.07, 6.45) is -0.513. The van der Waals surface area contributed by atoms with Crippen LogP contribution in [-0.4, -0.2) is 35.8 Å². The molecule has 4 rings (SSSR count). The molecule has 32 heavy (non-hydrogen) atoms. The summed E-state index contributed by atoms with van der Waals surface area (Å²) >= 11 is 0. The summed E-state index contributed by atoms with van der Waals surface area (Å²) < 4.78 is 64.6. The van der Waals surface area contributed by atoms with E-state index in [1.807, 2.05) is 6.92 Å². The highest BCUT2D eigenvalue weighted by molar-refractivity contribution is 6.03. The number of aromatic nitrogens is 1. The van der Waals surface area contributed by atoms with Crippen LogP contribution in [0.25, 0.3) is 0 Å². The van der Waals surface area contributed by atoms with Gasteiger partial charge in [0.1, 0.15) is 12.2 Å². The zero-order chi connectivity index (χ0) is 22.9. The van der Waals surface area contributed by atoms with Crippen LogP contribution in [0.1, 0.15) is 61.7 Å². The van der Waals surface area contributed by atoms with Crippen molar-refractivity contribution in [2.75, 3.05) is 16.8 Å². The van der Waals surface area contributed by atoms with Crippen molar-refractivity contribution in [3.63, 3.8) is 0 Å². The van der Waals surface area contributed by atoms with Crippen molar-refractivity contribution in [3.8, 4) is 5.75 Å². The molecule has 1 aliphatic heterocycles. The number of nitrogens with one attached hydrogen (secondary N) is 1. The van der Waals surface area contributed by atoms with Gasteiger partial charge < -0.3 is 19.4 Å². The molecule has 0 spiro atoms. The van der Waals surface area contributed by atoms with Gasteiger partial charge in [-0.1, -0.05) is 0 Å². The standard InChI is InChI=1S/C22H25F4N3O3/c1-13-5-4-10-29(13)21-28-19(18(32-21)12-22(24,25)26)20(30)27-14-8-9-17(16(23)11-14)31-15-6-2-3-7-15/h8-9,11,13,15H,2-7,10,12H2,1H3,(H,27,30). The number of anilines is 2. The minimum absolute atomic E-state index is 0.00843. The first-order valence-electron chi connectivity index (χ1n) is 10.8. The second-order valence-electron chi connectivity index (χ2n) is 8.37. The average molecular weight is 455 g/mol. The second kappa shape index (κ2) is 8.99. The summed E-state index contributed by atoms with van der Waals surface area (Å²) in [5.74, 6) is -2.03. The second-order valence-corrected chi connectivity index (χ2v) is 8.37. The number of alkyl halides is 3. The van der Waals surface area contributed by atoms with Gasteiger partial charge in [0.05, 0.1) is 6.10 Å². The fourth-order valence-corrected chi connectivity index (χ4v) is 4.21. The van der Waals surface area contributed by atoms with E-state index < -0.39 is 35.8 Å². The van der Waals surface area contributed by atoms with E-state index in [1.54, 1.807) is 4.90 Å². The molecule has 1 atom stereocenters. The molecule has 1 saturated heterocycles. The fraction of sp³-hybridized carbons (Fsp3) is 0.545. The average Bonchev–Trinajstić information content (AvgIpc) is 3.44. The van der Waals surface area contributed by atoms with Crippen molar-refractivity contribution in [3.05, 3.63) is 35.5 Å². The van der Waals surface area contributed by atoms with E-state index in [4.69, 9.17) is 9.15 Å².